The molecule has 0 aliphatic rings. The Hall–Kier alpha value is -7.06. The van der Waals surface area contributed by atoms with Gasteiger partial charge in [0.2, 0.25) is 0 Å². The molecule has 0 fully saturated rings. The van der Waals surface area contributed by atoms with Gasteiger partial charge in [-0.25, -0.2) is 9.97 Å². The van der Waals surface area contributed by atoms with Gasteiger partial charge in [-0.2, -0.15) is 0 Å². The van der Waals surface area contributed by atoms with Crippen molar-refractivity contribution < 1.29 is 20.4 Å². The highest BCUT2D eigenvalue weighted by Gasteiger charge is 2.00. The number of aromatic nitrogens is 4. The molecule has 9 aromatic rings. The van der Waals surface area contributed by atoms with Crippen LogP contribution in [0.25, 0.3) is 43.6 Å². The minimum absolute atomic E-state index is 0.104. The third kappa shape index (κ3) is 11.5. The molecule has 282 valence electrons. The van der Waals surface area contributed by atoms with Gasteiger partial charge < -0.3 is 20.4 Å². The predicted molar refractivity (Wildman–Crippen MR) is 228 cm³/mol. The van der Waals surface area contributed by atoms with E-state index >= 15 is 0 Å². The molecule has 0 saturated heterocycles. The molecule has 0 aliphatic heterocycles. The molecule has 0 atom stereocenters. The van der Waals surface area contributed by atoms with Crippen molar-refractivity contribution in [2.45, 2.75) is 41.5 Å². The Bertz CT molecular complexity index is 2210. The van der Waals surface area contributed by atoms with E-state index < -0.39 is 0 Å². The number of nitrogens with zero attached hydrogens (tertiary/aromatic N) is 4. The molecule has 0 spiro atoms. The molecule has 9 rings (SSSR count). The number of aryl methyl sites for hydroxylation is 6. The summed E-state index contributed by atoms with van der Waals surface area (Å²) in [6.07, 6.45) is 0. The maximum Gasteiger partial charge on any atom is 0.119 e. The van der Waals surface area contributed by atoms with Crippen molar-refractivity contribution in [3.8, 4) is 23.0 Å². The molecule has 0 unspecified atom stereocenters. The van der Waals surface area contributed by atoms with Gasteiger partial charge >= 0.3 is 0 Å². The molecule has 0 aliphatic carbocycles. The zero-order chi connectivity index (χ0) is 40.2. The van der Waals surface area contributed by atoms with Gasteiger partial charge in [-0.15, -0.1) is 0 Å². The normalized spacial score (nSPS) is 10.2. The van der Waals surface area contributed by atoms with E-state index in [1.807, 2.05) is 100 Å². The standard InChI is InChI=1S/2C13H9N.C8H12N2.2C7H8O2/c2*1-3-7-12-10(5-1)9-11-6-2-4-8-13(11)14-12;1-5-6(2)10-8(4)7(3)9-5;2*1-5-2-6(8)4-7(9)3-5/h2*1-9H;1-4H3;2*2-4,8-9H,1H3. The van der Waals surface area contributed by atoms with Crippen molar-refractivity contribution >= 4 is 43.6 Å². The Morgan fingerprint density at radius 1 is 0.286 bits per heavy atom. The van der Waals surface area contributed by atoms with Crippen LogP contribution in [0.5, 0.6) is 23.0 Å². The first-order chi connectivity index (χ1) is 26.8. The first-order valence-electron chi connectivity index (χ1n) is 18.1. The number of phenols is 4. The highest BCUT2D eigenvalue weighted by molar-refractivity contribution is 5.93. The largest absolute Gasteiger partial charge is 0.508 e. The SMILES string of the molecule is Cc1cc(O)cc(O)c1.Cc1cc(O)cc(O)c1.Cc1nc(C)c(C)nc1C.c1ccc2nc3ccccc3cc2c1.c1ccc2nc3ccccc3cc2c1. The lowest BCUT2D eigenvalue weighted by Crippen LogP contribution is -1.97. The van der Waals surface area contributed by atoms with E-state index in [4.69, 9.17) is 20.4 Å². The average Bonchev–Trinajstić information content (AvgIpc) is 3.15. The Labute approximate surface area is 327 Å². The minimum Gasteiger partial charge on any atom is -0.508 e. The number of pyridine rings is 2. The summed E-state index contributed by atoms with van der Waals surface area (Å²) in [5.74, 6) is 0.417. The number of rotatable bonds is 0. The zero-order valence-electron chi connectivity index (χ0n) is 32.4. The Kier molecular flexibility index (Phi) is 13.5. The molecule has 4 N–H and O–H groups in total. The summed E-state index contributed by atoms with van der Waals surface area (Å²) in [6.45, 7) is 11.5. The first-order valence-corrected chi connectivity index (χ1v) is 18.1. The molecule has 3 heterocycles. The quantitative estimate of drug-likeness (QED) is 0.113. The summed E-state index contributed by atoms with van der Waals surface area (Å²) < 4.78 is 0. The van der Waals surface area contributed by atoms with E-state index in [1.165, 1.54) is 33.7 Å². The van der Waals surface area contributed by atoms with Crippen molar-refractivity contribution in [1.82, 2.24) is 19.9 Å². The van der Waals surface area contributed by atoms with E-state index in [0.29, 0.717) is 0 Å². The summed E-state index contributed by atoms with van der Waals surface area (Å²) in [7, 11) is 0. The molecular formula is C48H46N4O4. The Balaban J connectivity index is 0.000000136. The van der Waals surface area contributed by atoms with Gasteiger partial charge in [0.05, 0.1) is 44.8 Å². The second-order valence-corrected chi connectivity index (χ2v) is 13.4. The van der Waals surface area contributed by atoms with Crippen LogP contribution < -0.4 is 0 Å². The molecule has 6 aromatic carbocycles. The molecule has 8 nitrogen and oxygen atoms in total. The van der Waals surface area contributed by atoms with Gasteiger partial charge in [0, 0.05) is 33.7 Å². The minimum atomic E-state index is 0.104. The van der Waals surface area contributed by atoms with E-state index in [1.54, 1.807) is 38.1 Å². The maximum atomic E-state index is 8.83. The average molecular weight is 743 g/mol. The Morgan fingerprint density at radius 2 is 0.518 bits per heavy atom. The van der Waals surface area contributed by atoms with E-state index in [0.717, 1.165) is 56.0 Å². The fraction of sp³-hybridized carbons (Fsp3) is 0.125. The molecule has 0 amide bonds. The molecule has 0 radical (unpaired) electrons. The number of aromatic hydroxyl groups is 4. The van der Waals surface area contributed by atoms with Gasteiger partial charge in [-0.3, -0.25) is 9.97 Å². The third-order valence-corrected chi connectivity index (χ3v) is 8.66. The Morgan fingerprint density at radius 3 is 0.750 bits per heavy atom. The van der Waals surface area contributed by atoms with Crippen LogP contribution >= 0.6 is 0 Å². The number of para-hydroxylation sites is 4. The summed E-state index contributed by atoms with van der Waals surface area (Å²) >= 11 is 0. The zero-order valence-corrected chi connectivity index (χ0v) is 32.4. The number of phenolic OH excluding ortho intramolecular Hbond substituents is 4. The van der Waals surface area contributed by atoms with Crippen molar-refractivity contribution in [2.75, 3.05) is 0 Å². The van der Waals surface area contributed by atoms with Crippen LogP contribution in [0.2, 0.25) is 0 Å². The van der Waals surface area contributed by atoms with Crippen molar-refractivity contribution in [3.63, 3.8) is 0 Å². The fourth-order valence-corrected chi connectivity index (χ4v) is 5.75. The highest BCUT2D eigenvalue weighted by atomic mass is 16.3. The van der Waals surface area contributed by atoms with Crippen LogP contribution in [0.3, 0.4) is 0 Å². The van der Waals surface area contributed by atoms with Gasteiger partial charge in [-0.1, -0.05) is 72.8 Å². The van der Waals surface area contributed by atoms with Crippen molar-refractivity contribution in [1.29, 1.82) is 0 Å². The van der Waals surface area contributed by atoms with E-state index in [9.17, 15) is 0 Å². The predicted octanol–water partition coefficient (Wildman–Crippen LogP) is 11.3. The second kappa shape index (κ2) is 18.8. The maximum absolute atomic E-state index is 8.83. The summed E-state index contributed by atoms with van der Waals surface area (Å²) in [5.41, 5.74) is 10.1. The summed E-state index contributed by atoms with van der Waals surface area (Å²) in [6, 6.07) is 46.1. The molecular weight excluding hydrogens is 697 g/mol. The number of benzene rings is 6. The van der Waals surface area contributed by atoms with Crippen molar-refractivity contribution in [2.24, 2.45) is 0 Å². The van der Waals surface area contributed by atoms with Crippen LogP contribution in [0.15, 0.2) is 146 Å². The first kappa shape index (κ1) is 40.1. The fourth-order valence-electron chi connectivity index (χ4n) is 5.75. The van der Waals surface area contributed by atoms with Gasteiger partial charge in [0.1, 0.15) is 23.0 Å². The van der Waals surface area contributed by atoms with Crippen LogP contribution in [-0.2, 0) is 0 Å². The molecule has 56 heavy (non-hydrogen) atoms. The van der Waals surface area contributed by atoms with Crippen LogP contribution in [0.1, 0.15) is 33.9 Å². The number of fused-ring (bicyclic) bond motifs is 4. The van der Waals surface area contributed by atoms with Crippen LogP contribution in [0.4, 0.5) is 0 Å². The molecule has 3 aromatic heterocycles. The van der Waals surface area contributed by atoms with Gasteiger partial charge in [0.25, 0.3) is 0 Å². The molecule has 8 heteroatoms. The van der Waals surface area contributed by atoms with Crippen molar-refractivity contribution in [3.05, 3.63) is 179 Å². The number of hydrogen-bond acceptors (Lipinski definition) is 8. The molecule has 0 bridgehead atoms. The smallest absolute Gasteiger partial charge is 0.119 e. The van der Waals surface area contributed by atoms with E-state index in [2.05, 4.69) is 56.3 Å². The summed E-state index contributed by atoms with van der Waals surface area (Å²) in [5, 5.41) is 40.1. The summed E-state index contributed by atoms with van der Waals surface area (Å²) in [4.78, 5) is 17.8. The van der Waals surface area contributed by atoms with Gasteiger partial charge in [-0.05, 0) is 113 Å². The highest BCUT2D eigenvalue weighted by Crippen LogP contribution is 2.21. The number of hydrogen-bond donors (Lipinski definition) is 4. The lowest BCUT2D eigenvalue weighted by Gasteiger charge is -2.01. The lowest BCUT2D eigenvalue weighted by atomic mass is 10.1. The third-order valence-electron chi connectivity index (χ3n) is 8.66. The van der Waals surface area contributed by atoms with Crippen LogP contribution in [-0.4, -0.2) is 40.4 Å². The van der Waals surface area contributed by atoms with E-state index in [-0.39, 0.29) is 23.0 Å². The molecule has 0 saturated carbocycles. The van der Waals surface area contributed by atoms with Crippen LogP contribution in [0, 0.1) is 41.5 Å². The second-order valence-electron chi connectivity index (χ2n) is 13.4. The van der Waals surface area contributed by atoms with Gasteiger partial charge in [0.15, 0.2) is 0 Å². The lowest BCUT2D eigenvalue weighted by molar-refractivity contribution is 0.448. The topological polar surface area (TPSA) is 132 Å². The monoisotopic (exact) mass is 742 g/mol.